The topological polar surface area (TPSA) is 63.6 Å². The number of rotatable bonds is 2. The van der Waals surface area contributed by atoms with Gasteiger partial charge in [-0.05, 0) is 0 Å². The molecule has 0 saturated carbocycles. The first-order valence-corrected chi connectivity index (χ1v) is 2.75. The Bertz CT molecular complexity index is 155. The van der Waals surface area contributed by atoms with Crippen molar-refractivity contribution in [1.82, 2.24) is 0 Å². The van der Waals surface area contributed by atoms with Crippen molar-refractivity contribution >= 4 is 23.3 Å². The number of hydrogen-bond donors (Lipinski definition) is 0. The van der Waals surface area contributed by atoms with Gasteiger partial charge in [-0.15, -0.1) is 0 Å². The molecule has 0 rings (SSSR count). The average molecular weight is 118 g/mol. The molecule has 0 aliphatic rings. The fourth-order valence-electron chi connectivity index (χ4n) is 0.0248. The molecular formula is CHBNO3S. The molecular weight excluding hydrogens is 117 g/mol. The molecule has 0 saturated heterocycles. The number of sulfonamides is 1. The van der Waals surface area contributed by atoms with Gasteiger partial charge in [0.1, 0.15) is 0 Å². The summed E-state index contributed by atoms with van der Waals surface area (Å²) in [5, 5.41) is 0. The molecule has 4 nitrogen and oxygen atoms in total. The molecule has 0 bridgehead atoms. The quantitative estimate of drug-likeness (QED) is 0.340. The van der Waals surface area contributed by atoms with Crippen molar-refractivity contribution in [2.75, 3.05) is 0 Å². The molecule has 0 atom stereocenters. The summed E-state index contributed by atoms with van der Waals surface area (Å²) in [6, 6.07) is 0. The van der Waals surface area contributed by atoms with Crippen LogP contribution in [0.25, 0.3) is 0 Å². The van der Waals surface area contributed by atoms with Gasteiger partial charge in [0.25, 0.3) is 0 Å². The maximum atomic E-state index is 9.71. The zero-order chi connectivity index (χ0) is 5.91. The minimum atomic E-state index is -3.94. The molecule has 0 aromatic heterocycles. The molecule has 6 heteroatoms. The van der Waals surface area contributed by atoms with E-state index in [-0.39, 0.29) is 5.62 Å². The van der Waals surface area contributed by atoms with E-state index >= 15 is 0 Å². The van der Waals surface area contributed by atoms with Crippen molar-refractivity contribution in [1.29, 1.82) is 0 Å². The van der Waals surface area contributed by atoms with Crippen LogP contribution in [0.3, 0.4) is 0 Å². The van der Waals surface area contributed by atoms with Gasteiger partial charge in [0.2, 0.25) is 0 Å². The van der Waals surface area contributed by atoms with Crippen molar-refractivity contribution in [3.63, 3.8) is 0 Å². The van der Waals surface area contributed by atoms with Crippen molar-refractivity contribution in [3.05, 3.63) is 0 Å². The minimum absolute atomic E-state index is 0.326. The van der Waals surface area contributed by atoms with Crippen molar-refractivity contribution in [3.8, 4) is 0 Å². The molecule has 0 aliphatic heterocycles. The summed E-state index contributed by atoms with van der Waals surface area (Å²) in [7, 11) is 0.287. The zero-order valence-corrected chi connectivity index (χ0v) is 4.05. The molecule has 0 N–H and O–H groups in total. The number of nitrogens with zero attached hydrogens (tertiary/aromatic N) is 1. The summed E-state index contributed by atoms with van der Waals surface area (Å²) in [6.07, 6.45) is 0. The van der Waals surface area contributed by atoms with E-state index in [4.69, 9.17) is 0 Å². The van der Waals surface area contributed by atoms with E-state index in [0.29, 0.717) is 0 Å². The molecule has 1 radical (unpaired) electrons. The van der Waals surface area contributed by atoms with E-state index in [9.17, 15) is 13.2 Å². The van der Waals surface area contributed by atoms with E-state index < -0.39 is 10.0 Å². The molecule has 0 unspecified atom stereocenters. The summed E-state index contributed by atoms with van der Waals surface area (Å²) in [5.74, 6) is 0. The van der Waals surface area contributed by atoms with E-state index in [1.54, 1.807) is 0 Å². The summed E-state index contributed by atoms with van der Waals surface area (Å²) in [6.45, 7) is 0. The van der Waals surface area contributed by atoms with E-state index in [1.807, 2.05) is 0 Å². The second-order valence-electron chi connectivity index (χ2n) is 0.717. The second kappa shape index (κ2) is 1.97. The van der Waals surface area contributed by atoms with Gasteiger partial charge in [-0.2, -0.15) is 0 Å². The Kier molecular flexibility index (Phi) is 1.82. The fourth-order valence-corrected chi connectivity index (χ4v) is 0.0745. The van der Waals surface area contributed by atoms with Crippen LogP contribution in [0.1, 0.15) is 0 Å². The van der Waals surface area contributed by atoms with Crippen LogP contribution < -0.4 is 0 Å². The Balaban J connectivity index is 4.49. The molecule has 0 spiro atoms. The standard InChI is InChI=1S/CHBNO3S/c2-3-7(5,6)1-4/h1H. The predicted octanol–water partition coefficient (Wildman–Crippen LogP) is -1.14. The first-order valence-electron chi connectivity index (χ1n) is 1.25. The third-order valence-corrected chi connectivity index (χ3v) is 0.806. The SMILES string of the molecule is [B]=NS(=O)(=O)C=O. The van der Waals surface area contributed by atoms with Crippen LogP contribution >= 0.6 is 0 Å². The van der Waals surface area contributed by atoms with Gasteiger partial charge in [-0.1, -0.05) is 0 Å². The Morgan fingerprint density at radius 2 is 2.00 bits per heavy atom. The number of carbonyl (C=O) groups excluding carboxylic acids is 1. The fraction of sp³-hybridized carbons (Fsp3) is 0. The van der Waals surface area contributed by atoms with Crippen LogP contribution in [0.5, 0.6) is 0 Å². The molecule has 0 amide bonds. The summed E-state index contributed by atoms with van der Waals surface area (Å²) in [5.41, 5.74) is -0.326. The van der Waals surface area contributed by atoms with Crippen LogP contribution in [-0.2, 0) is 14.8 Å². The number of hydrogen-bond acceptors (Lipinski definition) is 3. The van der Waals surface area contributed by atoms with Gasteiger partial charge in [-0.3, -0.25) is 0 Å². The predicted molar refractivity (Wildman–Crippen MR) is 23.9 cm³/mol. The monoisotopic (exact) mass is 118 g/mol. The third-order valence-electron chi connectivity index (χ3n) is 0.269. The maximum absolute atomic E-state index is 9.71. The first kappa shape index (κ1) is 6.48. The summed E-state index contributed by atoms with van der Waals surface area (Å²) >= 11 is 0. The van der Waals surface area contributed by atoms with Crippen LogP contribution in [0.2, 0.25) is 0 Å². The Hall–Kier alpha value is -0.515. The van der Waals surface area contributed by atoms with Gasteiger partial charge in [0.05, 0.1) is 0 Å². The molecule has 0 aliphatic carbocycles. The van der Waals surface area contributed by atoms with E-state index in [1.165, 1.54) is 0 Å². The van der Waals surface area contributed by atoms with Crippen molar-refractivity contribution < 1.29 is 13.2 Å². The van der Waals surface area contributed by atoms with Gasteiger partial charge >= 0.3 is 40.8 Å². The third kappa shape index (κ3) is 2.21. The Labute approximate surface area is 41.7 Å². The Morgan fingerprint density at radius 1 is 1.57 bits per heavy atom. The van der Waals surface area contributed by atoms with Crippen LogP contribution in [0.4, 0.5) is 0 Å². The second-order valence-corrected chi connectivity index (χ2v) is 2.15. The van der Waals surface area contributed by atoms with E-state index in [2.05, 4.69) is 11.9 Å². The van der Waals surface area contributed by atoms with Gasteiger partial charge in [0.15, 0.2) is 0 Å². The Morgan fingerprint density at radius 3 is 2.00 bits per heavy atom. The average Bonchev–Trinajstić information content (AvgIpc) is 1.68. The molecule has 0 heterocycles. The van der Waals surface area contributed by atoms with Gasteiger partial charge < -0.3 is 0 Å². The van der Waals surface area contributed by atoms with Gasteiger partial charge in [-0.25, -0.2) is 0 Å². The first-order chi connectivity index (χ1) is 3.12. The van der Waals surface area contributed by atoms with Crippen LogP contribution in [0, 0.1) is 0 Å². The summed E-state index contributed by atoms with van der Waals surface area (Å²) in [4.78, 5) is 9.30. The van der Waals surface area contributed by atoms with E-state index in [0.717, 1.165) is 0 Å². The van der Waals surface area contributed by atoms with Crippen LogP contribution in [-0.4, -0.2) is 21.7 Å². The van der Waals surface area contributed by atoms with Crippen molar-refractivity contribution in [2.45, 2.75) is 0 Å². The molecule has 0 aromatic rings. The van der Waals surface area contributed by atoms with Crippen LogP contribution in [0.15, 0.2) is 4.30 Å². The number of carbonyl (C=O) groups is 1. The molecule has 0 fully saturated rings. The summed E-state index contributed by atoms with van der Waals surface area (Å²) < 4.78 is 21.7. The molecule has 7 heavy (non-hydrogen) atoms. The molecule has 37 valence electrons. The normalized spacial score (nSPS) is 10.1. The zero-order valence-electron chi connectivity index (χ0n) is 3.23. The molecule has 0 aromatic carbocycles. The van der Waals surface area contributed by atoms with Crippen molar-refractivity contribution in [2.24, 2.45) is 4.30 Å². The van der Waals surface area contributed by atoms with Gasteiger partial charge in [0, 0.05) is 0 Å².